The van der Waals surface area contributed by atoms with Gasteiger partial charge in [0.25, 0.3) is 5.91 Å². The summed E-state index contributed by atoms with van der Waals surface area (Å²) in [5.41, 5.74) is 0.912. The number of carbonyl (C=O) groups is 1. The molecule has 5 heteroatoms. The van der Waals surface area contributed by atoms with Crippen LogP contribution in [0.3, 0.4) is 0 Å². The molecule has 0 aromatic carbocycles. The summed E-state index contributed by atoms with van der Waals surface area (Å²) in [5, 5.41) is 11.6. The highest BCUT2D eigenvalue weighted by atomic mass is 32.2. The maximum absolute atomic E-state index is 12.2. The maximum Gasteiger partial charge on any atom is 0.271 e. The van der Waals surface area contributed by atoms with Gasteiger partial charge >= 0.3 is 0 Å². The zero-order valence-electron chi connectivity index (χ0n) is 12.1. The van der Waals surface area contributed by atoms with Gasteiger partial charge in [0.1, 0.15) is 5.69 Å². The number of aliphatic hydroxyl groups is 1. The number of aliphatic hydroxyl groups excluding tert-OH is 1. The first kappa shape index (κ1) is 16.5. The summed E-state index contributed by atoms with van der Waals surface area (Å²) in [6.07, 6.45) is 3.97. The van der Waals surface area contributed by atoms with E-state index in [1.807, 2.05) is 6.26 Å². The van der Waals surface area contributed by atoms with Crippen molar-refractivity contribution in [2.24, 2.45) is 0 Å². The number of hydrogen-bond acceptors (Lipinski definition) is 4. The van der Waals surface area contributed by atoms with Gasteiger partial charge in [0, 0.05) is 23.9 Å². The lowest BCUT2D eigenvalue weighted by Crippen LogP contribution is -2.36. The minimum absolute atomic E-state index is 0.0106. The normalized spacial score (nSPS) is 10.6. The van der Waals surface area contributed by atoms with Gasteiger partial charge in [0.2, 0.25) is 0 Å². The summed E-state index contributed by atoms with van der Waals surface area (Å²) in [6, 6.07) is 3.50. The Morgan fingerprint density at radius 2 is 2.30 bits per heavy atom. The van der Waals surface area contributed by atoms with E-state index in [2.05, 4.69) is 36.0 Å². The molecule has 0 bridgehead atoms. The van der Waals surface area contributed by atoms with E-state index >= 15 is 0 Å². The highest BCUT2D eigenvalue weighted by Gasteiger charge is 2.19. The predicted octanol–water partition coefficient (Wildman–Crippen LogP) is 1.69. The second-order valence-electron chi connectivity index (χ2n) is 4.82. The van der Waals surface area contributed by atoms with Gasteiger partial charge in [-0.15, -0.1) is 0 Å². The van der Waals surface area contributed by atoms with Crippen molar-refractivity contribution in [1.29, 1.82) is 0 Å². The molecule has 0 aliphatic heterocycles. The molecule has 0 fully saturated rings. The molecule has 1 rings (SSSR count). The summed E-state index contributed by atoms with van der Waals surface area (Å²) in [5.74, 6) is 5.45. The molecule has 0 aliphatic rings. The van der Waals surface area contributed by atoms with E-state index in [1.165, 1.54) is 0 Å². The molecular weight excluding hydrogens is 272 g/mol. The number of aromatic nitrogens is 1. The molecule has 1 heterocycles. The largest absolute Gasteiger partial charge is 0.395 e. The SMILES string of the molecule is CSC(C)(C)CNC(=O)c1ncccc1C#CCCO. The van der Waals surface area contributed by atoms with Gasteiger partial charge < -0.3 is 10.4 Å². The fourth-order valence-electron chi connectivity index (χ4n) is 1.35. The molecule has 20 heavy (non-hydrogen) atoms. The van der Waals surface area contributed by atoms with Crippen molar-refractivity contribution in [1.82, 2.24) is 10.3 Å². The van der Waals surface area contributed by atoms with Gasteiger partial charge in [-0.1, -0.05) is 11.8 Å². The van der Waals surface area contributed by atoms with E-state index in [1.54, 1.807) is 30.1 Å². The molecule has 1 aromatic heterocycles. The molecular formula is C15H20N2O2S. The number of amides is 1. The first-order valence-electron chi connectivity index (χ1n) is 6.38. The van der Waals surface area contributed by atoms with E-state index in [0.29, 0.717) is 24.2 Å². The summed E-state index contributed by atoms with van der Waals surface area (Å²) < 4.78 is -0.0207. The lowest BCUT2D eigenvalue weighted by atomic mass is 10.1. The van der Waals surface area contributed by atoms with E-state index in [-0.39, 0.29) is 17.3 Å². The Kier molecular flexibility index (Phi) is 6.56. The molecule has 0 aliphatic carbocycles. The number of thioether (sulfide) groups is 1. The minimum atomic E-state index is -0.221. The Hall–Kier alpha value is -1.51. The van der Waals surface area contributed by atoms with Gasteiger partial charge in [-0.25, -0.2) is 4.98 Å². The van der Waals surface area contributed by atoms with Crippen LogP contribution in [-0.2, 0) is 0 Å². The van der Waals surface area contributed by atoms with Gasteiger partial charge in [0.05, 0.1) is 12.2 Å². The molecule has 0 saturated heterocycles. The molecule has 1 aromatic rings. The number of rotatable bonds is 5. The molecule has 0 unspecified atom stereocenters. The first-order valence-corrected chi connectivity index (χ1v) is 7.61. The Bertz CT molecular complexity index is 518. The number of carbonyl (C=O) groups excluding carboxylic acids is 1. The van der Waals surface area contributed by atoms with E-state index in [9.17, 15) is 4.79 Å². The van der Waals surface area contributed by atoms with Crippen molar-refractivity contribution in [3.05, 3.63) is 29.6 Å². The van der Waals surface area contributed by atoms with Crippen molar-refractivity contribution in [2.75, 3.05) is 19.4 Å². The van der Waals surface area contributed by atoms with Crippen LogP contribution in [0.1, 0.15) is 36.3 Å². The smallest absolute Gasteiger partial charge is 0.271 e. The Balaban J connectivity index is 2.81. The number of hydrogen-bond donors (Lipinski definition) is 2. The quantitative estimate of drug-likeness (QED) is 0.811. The Morgan fingerprint density at radius 1 is 1.55 bits per heavy atom. The summed E-state index contributed by atoms with van der Waals surface area (Å²) >= 11 is 1.69. The van der Waals surface area contributed by atoms with Crippen LogP contribution in [0, 0.1) is 11.8 Å². The van der Waals surface area contributed by atoms with Crippen LogP contribution < -0.4 is 5.32 Å². The fraction of sp³-hybridized carbons (Fsp3) is 0.467. The molecule has 108 valence electrons. The predicted molar refractivity (Wildman–Crippen MR) is 82.7 cm³/mol. The topological polar surface area (TPSA) is 62.2 Å². The fourth-order valence-corrected chi connectivity index (χ4v) is 1.57. The number of pyridine rings is 1. The summed E-state index contributed by atoms with van der Waals surface area (Å²) in [6.45, 7) is 4.71. The van der Waals surface area contributed by atoms with Crippen LogP contribution in [0.25, 0.3) is 0 Å². The summed E-state index contributed by atoms with van der Waals surface area (Å²) in [4.78, 5) is 16.3. The van der Waals surface area contributed by atoms with Crippen molar-refractivity contribution in [3.63, 3.8) is 0 Å². The monoisotopic (exact) mass is 292 g/mol. The lowest BCUT2D eigenvalue weighted by Gasteiger charge is -2.22. The van der Waals surface area contributed by atoms with Crippen LogP contribution >= 0.6 is 11.8 Å². The molecule has 4 nitrogen and oxygen atoms in total. The maximum atomic E-state index is 12.2. The standard InChI is InChI=1S/C15H20N2O2S/c1-15(2,20-3)11-17-14(19)13-12(7-4-5-10-18)8-6-9-16-13/h6,8-9,18H,5,10-11H2,1-3H3,(H,17,19). The zero-order chi connectivity index (χ0) is 15.0. The second kappa shape index (κ2) is 7.93. The van der Waals surface area contributed by atoms with E-state index < -0.39 is 0 Å². The third-order valence-corrected chi connectivity index (χ3v) is 3.96. The molecule has 0 saturated carbocycles. The van der Waals surface area contributed by atoms with Gasteiger partial charge in [-0.3, -0.25) is 4.79 Å². The van der Waals surface area contributed by atoms with Gasteiger partial charge in [0.15, 0.2) is 0 Å². The lowest BCUT2D eigenvalue weighted by molar-refractivity contribution is 0.0945. The Morgan fingerprint density at radius 3 is 2.95 bits per heavy atom. The minimum Gasteiger partial charge on any atom is -0.395 e. The highest BCUT2D eigenvalue weighted by molar-refractivity contribution is 7.99. The molecule has 0 atom stereocenters. The van der Waals surface area contributed by atoms with Gasteiger partial charge in [-0.2, -0.15) is 11.8 Å². The first-order chi connectivity index (χ1) is 9.50. The molecule has 2 N–H and O–H groups in total. The van der Waals surface area contributed by atoms with Crippen LogP contribution in [0.4, 0.5) is 0 Å². The van der Waals surface area contributed by atoms with Crippen LogP contribution in [0.15, 0.2) is 18.3 Å². The molecule has 0 radical (unpaired) electrons. The number of nitrogens with zero attached hydrogens (tertiary/aromatic N) is 1. The van der Waals surface area contributed by atoms with Crippen molar-refractivity contribution in [3.8, 4) is 11.8 Å². The van der Waals surface area contributed by atoms with Crippen molar-refractivity contribution in [2.45, 2.75) is 25.0 Å². The van der Waals surface area contributed by atoms with E-state index in [0.717, 1.165) is 0 Å². The molecule has 0 spiro atoms. The van der Waals surface area contributed by atoms with Crippen molar-refractivity contribution >= 4 is 17.7 Å². The van der Waals surface area contributed by atoms with E-state index in [4.69, 9.17) is 5.11 Å². The van der Waals surface area contributed by atoms with Gasteiger partial charge in [-0.05, 0) is 32.2 Å². The molecule has 1 amide bonds. The van der Waals surface area contributed by atoms with Crippen molar-refractivity contribution < 1.29 is 9.90 Å². The number of nitrogens with one attached hydrogen (secondary N) is 1. The van der Waals surface area contributed by atoms with Crippen LogP contribution in [0.5, 0.6) is 0 Å². The second-order valence-corrected chi connectivity index (χ2v) is 6.33. The third-order valence-electron chi connectivity index (χ3n) is 2.71. The average molecular weight is 292 g/mol. The summed E-state index contributed by atoms with van der Waals surface area (Å²) in [7, 11) is 0. The van der Waals surface area contributed by atoms with Crippen LogP contribution in [-0.4, -0.2) is 40.2 Å². The van der Waals surface area contributed by atoms with Crippen LogP contribution in [0.2, 0.25) is 0 Å². The average Bonchev–Trinajstić information content (AvgIpc) is 2.46. The Labute approximate surface area is 124 Å². The zero-order valence-corrected chi connectivity index (χ0v) is 12.9. The third kappa shape index (κ3) is 5.24. The highest BCUT2D eigenvalue weighted by Crippen LogP contribution is 2.19.